The summed E-state index contributed by atoms with van der Waals surface area (Å²) in [6, 6.07) is 2.72. The number of Topliss-reactive ketones (excluding diaryl/α,β-unsaturated/α-hetero) is 1. The molecule has 0 heterocycles. The molecule has 15 heavy (non-hydrogen) atoms. The summed E-state index contributed by atoms with van der Waals surface area (Å²) in [5, 5.41) is 2.99. The van der Waals surface area contributed by atoms with Crippen molar-refractivity contribution in [2.45, 2.75) is 4.90 Å². The van der Waals surface area contributed by atoms with Crippen molar-refractivity contribution < 1.29 is 9.18 Å². The highest BCUT2D eigenvalue weighted by molar-refractivity contribution is 7.98. The molecule has 0 unspecified atom stereocenters. The summed E-state index contributed by atoms with van der Waals surface area (Å²) < 4.78 is 13.4. The van der Waals surface area contributed by atoms with Crippen molar-refractivity contribution >= 4 is 29.1 Å². The Morgan fingerprint density at radius 1 is 1.60 bits per heavy atom. The van der Waals surface area contributed by atoms with Gasteiger partial charge in [-0.1, -0.05) is 11.6 Å². The Kier molecular flexibility index (Phi) is 4.57. The van der Waals surface area contributed by atoms with Gasteiger partial charge in [0.05, 0.1) is 16.5 Å². The maximum Gasteiger partial charge on any atom is 0.176 e. The topological polar surface area (TPSA) is 29.1 Å². The molecular formula is C10H11ClFNOS. The van der Waals surface area contributed by atoms with Crippen LogP contribution < -0.4 is 5.32 Å². The molecule has 5 heteroatoms. The van der Waals surface area contributed by atoms with Gasteiger partial charge in [0.15, 0.2) is 5.78 Å². The lowest BCUT2D eigenvalue weighted by atomic mass is 10.1. The van der Waals surface area contributed by atoms with Crippen LogP contribution in [-0.2, 0) is 0 Å². The molecule has 0 amide bonds. The lowest BCUT2D eigenvalue weighted by molar-refractivity contribution is 0.0993. The van der Waals surface area contributed by atoms with Crippen LogP contribution in [0.5, 0.6) is 0 Å². The first-order valence-electron chi connectivity index (χ1n) is 4.31. The Morgan fingerprint density at radius 2 is 2.27 bits per heavy atom. The Balaban J connectivity index is 3.08. The van der Waals surface area contributed by atoms with Gasteiger partial charge >= 0.3 is 0 Å². The highest BCUT2D eigenvalue weighted by atomic mass is 35.5. The Labute approximate surface area is 97.2 Å². The maximum absolute atomic E-state index is 13.4. The molecule has 0 aromatic heterocycles. The fourth-order valence-corrected chi connectivity index (χ4v) is 2.13. The van der Waals surface area contributed by atoms with E-state index in [1.165, 1.54) is 23.9 Å². The first-order valence-corrected chi connectivity index (χ1v) is 5.91. The van der Waals surface area contributed by atoms with Gasteiger partial charge in [-0.2, -0.15) is 0 Å². The first-order chi connectivity index (χ1) is 7.10. The Bertz CT molecular complexity index is 361. The number of ketones is 1. The van der Waals surface area contributed by atoms with Gasteiger partial charge in [0.1, 0.15) is 5.82 Å². The van der Waals surface area contributed by atoms with Crippen LogP contribution in [0.2, 0.25) is 5.02 Å². The molecule has 0 saturated heterocycles. The molecule has 0 fully saturated rings. The molecule has 1 aromatic rings. The van der Waals surface area contributed by atoms with Crippen LogP contribution in [-0.4, -0.2) is 25.6 Å². The molecule has 0 spiro atoms. The minimum Gasteiger partial charge on any atom is -0.313 e. The lowest BCUT2D eigenvalue weighted by Crippen LogP contribution is -2.18. The summed E-state index contributed by atoms with van der Waals surface area (Å²) in [4.78, 5) is 11.8. The second kappa shape index (κ2) is 5.49. The van der Waals surface area contributed by atoms with Crippen LogP contribution >= 0.6 is 23.4 Å². The van der Waals surface area contributed by atoms with Crippen molar-refractivity contribution in [3.8, 4) is 0 Å². The van der Waals surface area contributed by atoms with Gasteiger partial charge in [0.25, 0.3) is 0 Å². The lowest BCUT2D eigenvalue weighted by Gasteiger charge is -2.06. The predicted octanol–water partition coefficient (Wildman–Crippen LogP) is 2.60. The molecule has 1 aromatic carbocycles. The van der Waals surface area contributed by atoms with Crippen LogP contribution in [0.1, 0.15) is 10.4 Å². The van der Waals surface area contributed by atoms with E-state index >= 15 is 0 Å². The molecule has 0 aliphatic heterocycles. The van der Waals surface area contributed by atoms with E-state index in [4.69, 9.17) is 11.6 Å². The predicted molar refractivity (Wildman–Crippen MR) is 61.4 cm³/mol. The number of carbonyl (C=O) groups is 1. The largest absolute Gasteiger partial charge is 0.313 e. The summed E-state index contributed by atoms with van der Waals surface area (Å²) in [5.41, 5.74) is 0.296. The number of halogens is 2. The number of likely N-dealkylation sites (N-methyl/N-ethyl adjacent to an activating group) is 1. The number of hydrogen-bond donors (Lipinski definition) is 1. The summed E-state index contributed by atoms with van der Waals surface area (Å²) in [6.45, 7) is 0.175. The molecule has 0 atom stereocenters. The van der Waals surface area contributed by atoms with Crippen LogP contribution in [0.25, 0.3) is 0 Å². The van der Waals surface area contributed by atoms with E-state index < -0.39 is 5.82 Å². The highest BCUT2D eigenvalue weighted by Gasteiger charge is 2.12. The third-order valence-corrected chi connectivity index (χ3v) is 3.10. The SMILES string of the molecule is CNCC(=O)c1cc(F)c(SC)c(Cl)c1. The number of rotatable bonds is 4. The molecule has 82 valence electrons. The van der Waals surface area contributed by atoms with Crippen molar-refractivity contribution in [1.82, 2.24) is 5.32 Å². The minimum absolute atomic E-state index is 0.175. The maximum atomic E-state index is 13.4. The molecule has 0 aliphatic carbocycles. The molecular weight excluding hydrogens is 237 g/mol. The second-order valence-corrected chi connectivity index (χ2v) is 4.15. The number of hydrogen-bond acceptors (Lipinski definition) is 3. The number of thioether (sulfide) groups is 1. The zero-order valence-corrected chi connectivity index (χ0v) is 10.0. The summed E-state index contributed by atoms with van der Waals surface area (Å²) in [5.74, 6) is -0.625. The van der Waals surface area contributed by atoms with E-state index in [0.717, 1.165) is 0 Å². The van der Waals surface area contributed by atoms with Crippen LogP contribution in [0.4, 0.5) is 4.39 Å². The van der Waals surface area contributed by atoms with Gasteiger partial charge in [-0.15, -0.1) is 11.8 Å². The molecule has 0 bridgehead atoms. The van der Waals surface area contributed by atoms with Crippen molar-refractivity contribution in [2.24, 2.45) is 0 Å². The van der Waals surface area contributed by atoms with E-state index in [2.05, 4.69) is 5.32 Å². The Morgan fingerprint density at radius 3 is 2.73 bits per heavy atom. The number of benzene rings is 1. The van der Waals surface area contributed by atoms with Crippen LogP contribution in [0.15, 0.2) is 17.0 Å². The van der Waals surface area contributed by atoms with Gasteiger partial charge in [-0.05, 0) is 25.4 Å². The summed E-state index contributed by atoms with van der Waals surface area (Å²) in [7, 11) is 1.66. The molecule has 0 saturated carbocycles. The zero-order valence-electron chi connectivity index (χ0n) is 8.43. The third-order valence-electron chi connectivity index (χ3n) is 1.86. The molecule has 1 N–H and O–H groups in total. The van der Waals surface area contributed by atoms with E-state index in [1.54, 1.807) is 13.3 Å². The van der Waals surface area contributed by atoms with Gasteiger partial charge < -0.3 is 5.32 Å². The summed E-state index contributed by atoms with van der Waals surface area (Å²) in [6.07, 6.45) is 1.74. The van der Waals surface area contributed by atoms with E-state index in [-0.39, 0.29) is 17.4 Å². The highest BCUT2D eigenvalue weighted by Crippen LogP contribution is 2.29. The normalized spacial score (nSPS) is 10.4. The van der Waals surface area contributed by atoms with Gasteiger partial charge in [0, 0.05) is 5.56 Å². The van der Waals surface area contributed by atoms with Crippen molar-refractivity contribution in [3.63, 3.8) is 0 Å². The van der Waals surface area contributed by atoms with Gasteiger partial charge in [-0.25, -0.2) is 4.39 Å². The molecule has 0 aliphatic rings. The Hall–Kier alpha value is -0.580. The fourth-order valence-electron chi connectivity index (χ4n) is 1.18. The van der Waals surface area contributed by atoms with Gasteiger partial charge in [0.2, 0.25) is 0 Å². The quantitative estimate of drug-likeness (QED) is 0.655. The number of carbonyl (C=O) groups excluding carboxylic acids is 1. The van der Waals surface area contributed by atoms with Crippen molar-refractivity contribution in [3.05, 3.63) is 28.5 Å². The standard InChI is InChI=1S/C10H11ClFNOS/c1-13-5-9(14)6-3-7(11)10(15-2)8(12)4-6/h3-4,13H,5H2,1-2H3. The fraction of sp³-hybridized carbons (Fsp3) is 0.300. The summed E-state index contributed by atoms with van der Waals surface area (Å²) >= 11 is 7.07. The number of nitrogens with one attached hydrogen (secondary N) is 1. The van der Waals surface area contributed by atoms with Crippen LogP contribution in [0.3, 0.4) is 0 Å². The second-order valence-electron chi connectivity index (χ2n) is 2.93. The minimum atomic E-state index is -0.450. The first kappa shape index (κ1) is 12.5. The monoisotopic (exact) mass is 247 g/mol. The van der Waals surface area contributed by atoms with Crippen molar-refractivity contribution in [2.75, 3.05) is 19.8 Å². The smallest absolute Gasteiger partial charge is 0.176 e. The van der Waals surface area contributed by atoms with Gasteiger partial charge in [-0.3, -0.25) is 4.79 Å². The zero-order chi connectivity index (χ0) is 11.4. The van der Waals surface area contributed by atoms with E-state index in [1.807, 2.05) is 0 Å². The van der Waals surface area contributed by atoms with Crippen molar-refractivity contribution in [1.29, 1.82) is 0 Å². The van der Waals surface area contributed by atoms with E-state index in [9.17, 15) is 9.18 Å². The average molecular weight is 248 g/mol. The molecule has 1 rings (SSSR count). The van der Waals surface area contributed by atoms with Crippen LogP contribution in [0, 0.1) is 5.82 Å². The van der Waals surface area contributed by atoms with E-state index in [0.29, 0.717) is 10.5 Å². The molecule has 0 radical (unpaired) electrons. The third kappa shape index (κ3) is 2.93. The average Bonchev–Trinajstić information content (AvgIpc) is 2.17. The molecule has 2 nitrogen and oxygen atoms in total.